The van der Waals surface area contributed by atoms with Crippen LogP contribution in [-0.4, -0.2) is 13.1 Å². The first-order valence-corrected chi connectivity index (χ1v) is 7.84. The van der Waals surface area contributed by atoms with Gasteiger partial charge >= 0.3 is 0 Å². The van der Waals surface area contributed by atoms with Gasteiger partial charge in [-0.15, -0.1) is 0 Å². The van der Waals surface area contributed by atoms with Crippen LogP contribution in [0.3, 0.4) is 0 Å². The van der Waals surface area contributed by atoms with Crippen molar-refractivity contribution in [3.05, 3.63) is 35.1 Å². The van der Waals surface area contributed by atoms with E-state index in [0.717, 1.165) is 18.7 Å². The van der Waals surface area contributed by atoms with Gasteiger partial charge in [0.2, 0.25) is 0 Å². The molecule has 1 aliphatic carbocycles. The molecule has 0 spiro atoms. The molecule has 1 heterocycles. The van der Waals surface area contributed by atoms with E-state index in [-0.39, 0.29) is 5.82 Å². The van der Waals surface area contributed by atoms with Crippen molar-refractivity contribution in [1.82, 2.24) is 5.32 Å². The minimum atomic E-state index is 0.0370. The summed E-state index contributed by atoms with van der Waals surface area (Å²) in [6.07, 6.45) is 8.58. The zero-order valence-electron chi connectivity index (χ0n) is 11.6. The van der Waals surface area contributed by atoms with Crippen molar-refractivity contribution < 1.29 is 4.39 Å². The maximum Gasteiger partial charge on any atom is 0.126 e. The Labute approximate surface area is 115 Å². The summed E-state index contributed by atoms with van der Waals surface area (Å²) in [7, 11) is 0. The van der Waals surface area contributed by atoms with Gasteiger partial charge in [0, 0.05) is 6.54 Å². The smallest absolute Gasteiger partial charge is 0.126 e. The van der Waals surface area contributed by atoms with Gasteiger partial charge in [-0.2, -0.15) is 0 Å². The van der Waals surface area contributed by atoms with Crippen LogP contribution in [0.15, 0.2) is 18.2 Å². The predicted molar refractivity (Wildman–Crippen MR) is 77.1 cm³/mol. The number of hydrogen-bond acceptors (Lipinski definition) is 1. The van der Waals surface area contributed by atoms with Crippen molar-refractivity contribution in [3.63, 3.8) is 0 Å². The summed E-state index contributed by atoms with van der Waals surface area (Å²) >= 11 is 0. The molecule has 1 saturated carbocycles. The summed E-state index contributed by atoms with van der Waals surface area (Å²) in [5, 5.41) is 3.41. The molecule has 1 aromatic carbocycles. The van der Waals surface area contributed by atoms with Crippen LogP contribution < -0.4 is 5.32 Å². The Kier molecular flexibility index (Phi) is 4.17. The molecule has 2 fully saturated rings. The van der Waals surface area contributed by atoms with Gasteiger partial charge in [-0.25, -0.2) is 4.39 Å². The third-order valence-corrected chi connectivity index (χ3v) is 4.84. The molecule has 0 aromatic heterocycles. The van der Waals surface area contributed by atoms with Gasteiger partial charge in [-0.3, -0.25) is 0 Å². The molecule has 104 valence electrons. The van der Waals surface area contributed by atoms with Crippen molar-refractivity contribution in [2.45, 2.75) is 56.8 Å². The molecule has 0 amide bonds. The van der Waals surface area contributed by atoms with E-state index in [9.17, 15) is 4.39 Å². The van der Waals surface area contributed by atoms with Gasteiger partial charge in [0.1, 0.15) is 5.82 Å². The predicted octanol–water partition coefficient (Wildman–Crippen LogP) is 4.34. The van der Waals surface area contributed by atoms with Gasteiger partial charge in [0.15, 0.2) is 0 Å². The number of benzene rings is 1. The second-order valence-corrected chi connectivity index (χ2v) is 6.16. The Balaban J connectivity index is 1.76. The van der Waals surface area contributed by atoms with E-state index < -0.39 is 0 Å². The second-order valence-electron chi connectivity index (χ2n) is 6.16. The van der Waals surface area contributed by atoms with Crippen molar-refractivity contribution in [2.24, 2.45) is 0 Å². The lowest BCUT2D eigenvalue weighted by molar-refractivity contribution is 0.427. The molecule has 2 aliphatic rings. The molecule has 2 heteroatoms. The monoisotopic (exact) mass is 261 g/mol. The van der Waals surface area contributed by atoms with Crippen LogP contribution in [-0.2, 0) is 0 Å². The molecule has 19 heavy (non-hydrogen) atoms. The van der Waals surface area contributed by atoms with Crippen molar-refractivity contribution in [1.29, 1.82) is 0 Å². The summed E-state index contributed by atoms with van der Waals surface area (Å²) < 4.78 is 14.4. The molecule has 0 radical (unpaired) electrons. The fourth-order valence-electron chi connectivity index (χ4n) is 3.68. The number of halogens is 1. The molecule has 1 nitrogen and oxygen atoms in total. The van der Waals surface area contributed by atoms with Gasteiger partial charge in [-0.05, 0) is 61.3 Å². The molecule has 1 saturated heterocycles. The Morgan fingerprint density at radius 3 is 2.42 bits per heavy atom. The van der Waals surface area contributed by atoms with E-state index in [1.54, 1.807) is 0 Å². The van der Waals surface area contributed by atoms with Crippen LogP contribution in [0.2, 0.25) is 0 Å². The number of piperidine rings is 1. The summed E-state index contributed by atoms with van der Waals surface area (Å²) in [6.45, 7) is 2.11. The maximum atomic E-state index is 14.4. The first-order valence-electron chi connectivity index (χ1n) is 7.84. The molecule has 1 N–H and O–H groups in total. The van der Waals surface area contributed by atoms with Gasteiger partial charge in [0.25, 0.3) is 0 Å². The molecule has 0 bridgehead atoms. The Hall–Kier alpha value is -0.890. The third-order valence-electron chi connectivity index (χ3n) is 4.84. The summed E-state index contributed by atoms with van der Waals surface area (Å²) in [6, 6.07) is 6.04. The fraction of sp³-hybridized carbons (Fsp3) is 0.647. The molecule has 1 unspecified atom stereocenters. The quantitative estimate of drug-likeness (QED) is 0.835. The van der Waals surface area contributed by atoms with Crippen LogP contribution in [0, 0.1) is 5.82 Å². The molecular formula is C17H24FN. The fourth-order valence-corrected chi connectivity index (χ4v) is 3.68. The standard InChI is InChI=1S/C17H24FN/c18-17-11-14(15-7-4-10-19-12-15)8-9-16(17)13-5-2-1-3-6-13/h8-9,11,13,15,19H,1-7,10,12H2. The Morgan fingerprint density at radius 2 is 1.74 bits per heavy atom. The first kappa shape index (κ1) is 13.1. The lowest BCUT2D eigenvalue weighted by atomic mass is 9.82. The zero-order chi connectivity index (χ0) is 13.1. The van der Waals surface area contributed by atoms with E-state index in [1.807, 2.05) is 6.07 Å². The highest BCUT2D eigenvalue weighted by molar-refractivity contribution is 5.30. The number of rotatable bonds is 2. The topological polar surface area (TPSA) is 12.0 Å². The minimum Gasteiger partial charge on any atom is -0.316 e. The van der Waals surface area contributed by atoms with Gasteiger partial charge in [-0.1, -0.05) is 31.4 Å². The third kappa shape index (κ3) is 3.00. The molecule has 1 aromatic rings. The van der Waals surface area contributed by atoms with Gasteiger partial charge in [0.05, 0.1) is 0 Å². The van der Waals surface area contributed by atoms with E-state index in [1.165, 1.54) is 50.5 Å². The molecule has 1 atom stereocenters. The van der Waals surface area contributed by atoms with Crippen LogP contribution in [0.1, 0.15) is 67.9 Å². The summed E-state index contributed by atoms with van der Waals surface area (Å²) in [5.74, 6) is 1.01. The lowest BCUT2D eigenvalue weighted by Crippen LogP contribution is -2.28. The average Bonchev–Trinajstić information content (AvgIpc) is 2.49. The largest absolute Gasteiger partial charge is 0.316 e. The summed E-state index contributed by atoms with van der Waals surface area (Å²) in [5.41, 5.74) is 2.15. The first-order chi connectivity index (χ1) is 9.34. The molecule has 1 aliphatic heterocycles. The van der Waals surface area contributed by atoms with E-state index in [2.05, 4.69) is 17.4 Å². The zero-order valence-corrected chi connectivity index (χ0v) is 11.6. The normalized spacial score (nSPS) is 25.4. The van der Waals surface area contributed by atoms with E-state index >= 15 is 0 Å². The maximum absolute atomic E-state index is 14.4. The molecular weight excluding hydrogens is 237 g/mol. The second kappa shape index (κ2) is 6.04. The average molecular weight is 261 g/mol. The van der Waals surface area contributed by atoms with Crippen LogP contribution >= 0.6 is 0 Å². The Morgan fingerprint density at radius 1 is 0.947 bits per heavy atom. The van der Waals surface area contributed by atoms with E-state index in [4.69, 9.17) is 0 Å². The van der Waals surface area contributed by atoms with Crippen LogP contribution in [0.25, 0.3) is 0 Å². The summed E-state index contributed by atoms with van der Waals surface area (Å²) in [4.78, 5) is 0. The number of hydrogen-bond donors (Lipinski definition) is 1. The highest BCUT2D eigenvalue weighted by Gasteiger charge is 2.21. The highest BCUT2D eigenvalue weighted by atomic mass is 19.1. The molecule has 3 rings (SSSR count). The van der Waals surface area contributed by atoms with E-state index in [0.29, 0.717) is 11.8 Å². The van der Waals surface area contributed by atoms with Crippen LogP contribution in [0.5, 0.6) is 0 Å². The Bertz CT molecular complexity index is 417. The minimum absolute atomic E-state index is 0.0370. The van der Waals surface area contributed by atoms with Crippen molar-refractivity contribution in [2.75, 3.05) is 13.1 Å². The van der Waals surface area contributed by atoms with Gasteiger partial charge < -0.3 is 5.32 Å². The SMILES string of the molecule is Fc1cc(C2CCCNC2)ccc1C1CCCCC1. The van der Waals surface area contributed by atoms with Crippen molar-refractivity contribution >= 4 is 0 Å². The number of nitrogens with one attached hydrogen (secondary N) is 1. The lowest BCUT2D eigenvalue weighted by Gasteiger charge is -2.25. The highest BCUT2D eigenvalue weighted by Crippen LogP contribution is 2.35. The van der Waals surface area contributed by atoms with Crippen molar-refractivity contribution in [3.8, 4) is 0 Å². The van der Waals surface area contributed by atoms with Crippen LogP contribution in [0.4, 0.5) is 4.39 Å².